The van der Waals surface area contributed by atoms with E-state index in [0.29, 0.717) is 0 Å². The third-order valence-corrected chi connectivity index (χ3v) is 2.61. The SMILES string of the molecule is CC(O)c1cc(F)cc(F)c1I. The second-order valence-electron chi connectivity index (χ2n) is 2.47. The Bertz CT molecular complexity index is 299. The highest BCUT2D eigenvalue weighted by Crippen LogP contribution is 2.23. The van der Waals surface area contributed by atoms with Crippen LogP contribution >= 0.6 is 22.6 Å². The summed E-state index contributed by atoms with van der Waals surface area (Å²) in [6.45, 7) is 1.47. The van der Waals surface area contributed by atoms with Gasteiger partial charge in [-0.15, -0.1) is 0 Å². The molecule has 1 atom stereocenters. The lowest BCUT2D eigenvalue weighted by Gasteiger charge is -2.07. The zero-order valence-corrected chi connectivity index (χ0v) is 8.47. The molecule has 0 saturated carbocycles. The standard InChI is InChI=1S/C8H7F2IO/c1-4(12)6-2-5(9)3-7(10)8(6)11/h2-4,12H,1H3. The lowest BCUT2D eigenvalue weighted by atomic mass is 10.1. The van der Waals surface area contributed by atoms with E-state index >= 15 is 0 Å². The number of aliphatic hydroxyl groups is 1. The molecular formula is C8H7F2IO. The largest absolute Gasteiger partial charge is 0.389 e. The number of hydrogen-bond donors (Lipinski definition) is 1. The van der Waals surface area contributed by atoms with E-state index in [2.05, 4.69) is 0 Å². The van der Waals surface area contributed by atoms with E-state index in [1.54, 1.807) is 22.6 Å². The minimum absolute atomic E-state index is 0.268. The lowest BCUT2D eigenvalue weighted by Crippen LogP contribution is -1.98. The van der Waals surface area contributed by atoms with Crippen LogP contribution in [-0.2, 0) is 0 Å². The number of rotatable bonds is 1. The molecule has 1 aromatic rings. The Morgan fingerprint density at radius 2 is 2.00 bits per heavy atom. The average Bonchev–Trinajstić information content (AvgIpc) is 1.96. The molecule has 1 nitrogen and oxygen atoms in total. The predicted molar refractivity (Wildman–Crippen MR) is 49.7 cm³/mol. The predicted octanol–water partition coefficient (Wildman–Crippen LogP) is 2.62. The lowest BCUT2D eigenvalue weighted by molar-refractivity contribution is 0.197. The van der Waals surface area contributed by atoms with Gasteiger partial charge in [0.1, 0.15) is 11.6 Å². The second kappa shape index (κ2) is 3.66. The van der Waals surface area contributed by atoms with E-state index in [1.807, 2.05) is 0 Å². The summed E-state index contributed by atoms with van der Waals surface area (Å²) >= 11 is 1.74. The Morgan fingerprint density at radius 1 is 1.42 bits per heavy atom. The van der Waals surface area contributed by atoms with E-state index in [9.17, 15) is 8.78 Å². The molecule has 0 spiro atoms. The van der Waals surface area contributed by atoms with Crippen molar-refractivity contribution in [1.82, 2.24) is 0 Å². The van der Waals surface area contributed by atoms with E-state index in [1.165, 1.54) is 6.92 Å². The second-order valence-corrected chi connectivity index (χ2v) is 3.55. The van der Waals surface area contributed by atoms with Gasteiger partial charge in [-0.2, -0.15) is 0 Å². The van der Waals surface area contributed by atoms with Crippen LogP contribution in [0.2, 0.25) is 0 Å². The zero-order chi connectivity index (χ0) is 9.30. The molecule has 1 unspecified atom stereocenters. The maximum atomic E-state index is 12.8. The summed E-state index contributed by atoms with van der Waals surface area (Å²) in [5.41, 5.74) is 0.285. The van der Waals surface area contributed by atoms with Crippen LogP contribution in [0.4, 0.5) is 8.78 Å². The van der Waals surface area contributed by atoms with Crippen molar-refractivity contribution in [2.75, 3.05) is 0 Å². The summed E-state index contributed by atoms with van der Waals surface area (Å²) in [6, 6.07) is 1.93. The summed E-state index contributed by atoms with van der Waals surface area (Å²) in [4.78, 5) is 0. The van der Waals surface area contributed by atoms with Gasteiger partial charge in [0.05, 0.1) is 9.67 Å². The summed E-state index contributed by atoms with van der Waals surface area (Å²) in [6.07, 6.45) is -0.845. The first kappa shape index (κ1) is 9.85. The summed E-state index contributed by atoms with van der Waals surface area (Å²) < 4.78 is 25.7. The van der Waals surface area contributed by atoms with Crippen molar-refractivity contribution in [3.05, 3.63) is 32.9 Å². The fraction of sp³-hybridized carbons (Fsp3) is 0.250. The average molecular weight is 284 g/mol. The van der Waals surface area contributed by atoms with Gasteiger partial charge in [-0.1, -0.05) is 0 Å². The molecule has 1 N–H and O–H groups in total. The molecule has 0 aliphatic carbocycles. The van der Waals surface area contributed by atoms with Crippen molar-refractivity contribution in [3.63, 3.8) is 0 Å². The Hall–Kier alpha value is -0.230. The highest BCUT2D eigenvalue weighted by atomic mass is 127. The Balaban J connectivity index is 3.28. The quantitative estimate of drug-likeness (QED) is 0.621. The molecule has 0 bridgehead atoms. The summed E-state index contributed by atoms with van der Waals surface area (Å²) in [5.74, 6) is -1.30. The van der Waals surface area contributed by atoms with Gasteiger partial charge in [0.2, 0.25) is 0 Å². The fourth-order valence-corrected chi connectivity index (χ4v) is 1.64. The van der Waals surface area contributed by atoms with Crippen molar-refractivity contribution >= 4 is 22.6 Å². The molecule has 0 saturated heterocycles. The Kier molecular flexibility index (Phi) is 3.00. The number of aliphatic hydroxyl groups excluding tert-OH is 1. The van der Waals surface area contributed by atoms with Crippen LogP contribution in [0.15, 0.2) is 12.1 Å². The molecule has 4 heteroatoms. The Labute approximate surface area is 82.5 Å². The van der Waals surface area contributed by atoms with Gasteiger partial charge in [-0.25, -0.2) is 8.78 Å². The highest BCUT2D eigenvalue weighted by Gasteiger charge is 2.11. The first-order valence-electron chi connectivity index (χ1n) is 3.35. The first-order chi connectivity index (χ1) is 5.52. The Morgan fingerprint density at radius 3 is 2.50 bits per heavy atom. The van der Waals surface area contributed by atoms with E-state index in [4.69, 9.17) is 5.11 Å². The van der Waals surface area contributed by atoms with Crippen LogP contribution in [0.5, 0.6) is 0 Å². The monoisotopic (exact) mass is 284 g/mol. The molecule has 1 rings (SSSR count). The van der Waals surface area contributed by atoms with E-state index in [-0.39, 0.29) is 9.13 Å². The number of halogens is 3. The van der Waals surface area contributed by atoms with Gasteiger partial charge in [0.25, 0.3) is 0 Å². The molecule has 0 radical (unpaired) electrons. The molecule has 0 heterocycles. The van der Waals surface area contributed by atoms with Crippen molar-refractivity contribution in [2.45, 2.75) is 13.0 Å². The van der Waals surface area contributed by atoms with Gasteiger partial charge in [-0.3, -0.25) is 0 Å². The molecule has 1 aromatic carbocycles. The molecular weight excluding hydrogens is 277 g/mol. The minimum atomic E-state index is -0.845. The topological polar surface area (TPSA) is 20.2 Å². The summed E-state index contributed by atoms with van der Waals surface area (Å²) in [7, 11) is 0. The summed E-state index contributed by atoms with van der Waals surface area (Å²) in [5, 5.41) is 9.12. The minimum Gasteiger partial charge on any atom is -0.389 e. The highest BCUT2D eigenvalue weighted by molar-refractivity contribution is 14.1. The van der Waals surface area contributed by atoms with Crippen LogP contribution in [0.3, 0.4) is 0 Å². The van der Waals surface area contributed by atoms with Crippen molar-refractivity contribution in [3.8, 4) is 0 Å². The number of hydrogen-bond acceptors (Lipinski definition) is 1. The van der Waals surface area contributed by atoms with Crippen molar-refractivity contribution in [1.29, 1.82) is 0 Å². The van der Waals surface area contributed by atoms with Crippen LogP contribution < -0.4 is 0 Å². The van der Waals surface area contributed by atoms with Crippen LogP contribution in [0.1, 0.15) is 18.6 Å². The van der Waals surface area contributed by atoms with Crippen molar-refractivity contribution in [2.24, 2.45) is 0 Å². The molecule has 0 amide bonds. The van der Waals surface area contributed by atoms with Crippen LogP contribution in [0.25, 0.3) is 0 Å². The zero-order valence-electron chi connectivity index (χ0n) is 6.31. The molecule has 0 aliphatic rings. The first-order valence-corrected chi connectivity index (χ1v) is 4.42. The smallest absolute Gasteiger partial charge is 0.139 e. The fourth-order valence-electron chi connectivity index (χ4n) is 0.880. The number of benzene rings is 1. The van der Waals surface area contributed by atoms with Gasteiger partial charge in [0.15, 0.2) is 0 Å². The maximum absolute atomic E-state index is 12.8. The van der Waals surface area contributed by atoms with Crippen molar-refractivity contribution < 1.29 is 13.9 Å². The van der Waals surface area contributed by atoms with Gasteiger partial charge in [-0.05, 0) is 41.1 Å². The molecule has 0 aliphatic heterocycles. The van der Waals surface area contributed by atoms with Crippen LogP contribution in [0, 0.1) is 15.2 Å². The maximum Gasteiger partial charge on any atom is 0.139 e. The van der Waals surface area contributed by atoms with Gasteiger partial charge < -0.3 is 5.11 Å². The van der Waals surface area contributed by atoms with E-state index < -0.39 is 17.7 Å². The molecule has 66 valence electrons. The van der Waals surface area contributed by atoms with Crippen LogP contribution in [-0.4, -0.2) is 5.11 Å². The normalized spacial score (nSPS) is 13.1. The van der Waals surface area contributed by atoms with E-state index in [0.717, 1.165) is 12.1 Å². The molecule has 0 aromatic heterocycles. The molecule has 0 fully saturated rings. The molecule has 12 heavy (non-hydrogen) atoms. The van der Waals surface area contributed by atoms with Gasteiger partial charge >= 0.3 is 0 Å². The van der Waals surface area contributed by atoms with Gasteiger partial charge in [0, 0.05) is 6.07 Å². The third-order valence-electron chi connectivity index (χ3n) is 1.47. The third kappa shape index (κ3) is 1.92.